The van der Waals surface area contributed by atoms with Crippen LogP contribution in [0.4, 0.5) is 0 Å². The van der Waals surface area contributed by atoms with Gasteiger partial charge in [-0.15, -0.1) is 0 Å². The maximum atomic E-state index is 2.38. The summed E-state index contributed by atoms with van der Waals surface area (Å²) in [4.78, 5) is 0. The molecule has 1 rings (SSSR count). The summed E-state index contributed by atoms with van der Waals surface area (Å²) in [5.41, 5.74) is 0. The second-order valence-electron chi connectivity index (χ2n) is 4.98. The highest BCUT2D eigenvalue weighted by Gasteiger charge is 2.30. The highest BCUT2D eigenvalue weighted by Crippen LogP contribution is 2.42. The van der Waals surface area contributed by atoms with E-state index in [0.29, 0.717) is 5.21 Å². The molecule has 0 spiro atoms. The molecule has 0 heterocycles. The van der Waals surface area contributed by atoms with Crippen LogP contribution in [0.5, 0.6) is 0 Å². The summed E-state index contributed by atoms with van der Waals surface area (Å²) in [6.45, 7) is 4.75. The SMILES string of the molecule is BC(B)(C)C1CCC(C)C1. The van der Waals surface area contributed by atoms with Crippen LogP contribution in [0.3, 0.4) is 0 Å². The van der Waals surface area contributed by atoms with Crippen LogP contribution in [0, 0.1) is 11.8 Å². The predicted molar refractivity (Wildman–Crippen MR) is 52.0 cm³/mol. The average molecular weight is 136 g/mol. The minimum absolute atomic E-state index is 0.560. The lowest BCUT2D eigenvalue weighted by atomic mass is 9.49. The largest absolute Gasteiger partial charge is 0.0992 e. The van der Waals surface area contributed by atoms with Crippen molar-refractivity contribution in [3.05, 3.63) is 0 Å². The summed E-state index contributed by atoms with van der Waals surface area (Å²) in [7, 11) is 4.74. The molecule has 2 atom stereocenters. The third kappa shape index (κ3) is 1.81. The summed E-state index contributed by atoms with van der Waals surface area (Å²) < 4.78 is 0. The van der Waals surface area contributed by atoms with Crippen LogP contribution < -0.4 is 0 Å². The molecule has 1 saturated carbocycles. The standard InChI is InChI=1S/C8H18B2/c1-6-3-4-7(5-6)8(2,9)10/h6-7H,3-5,9-10H2,1-2H3. The number of hydrogen-bond acceptors (Lipinski definition) is 0. The van der Waals surface area contributed by atoms with E-state index in [4.69, 9.17) is 0 Å². The van der Waals surface area contributed by atoms with Crippen molar-refractivity contribution in [1.82, 2.24) is 0 Å². The lowest BCUT2D eigenvalue weighted by Crippen LogP contribution is -2.18. The number of rotatable bonds is 1. The Hall–Kier alpha value is 0.130. The Kier molecular flexibility index (Phi) is 2.17. The minimum atomic E-state index is 0.560. The van der Waals surface area contributed by atoms with Gasteiger partial charge in [-0.3, -0.25) is 0 Å². The fraction of sp³-hybridized carbons (Fsp3) is 1.00. The highest BCUT2D eigenvalue weighted by atomic mass is 14.3. The molecule has 56 valence electrons. The van der Waals surface area contributed by atoms with Gasteiger partial charge in [0.15, 0.2) is 0 Å². The molecule has 2 heteroatoms. The molecule has 1 fully saturated rings. The molecule has 0 aromatic heterocycles. The molecule has 0 radical (unpaired) electrons. The van der Waals surface area contributed by atoms with Crippen molar-refractivity contribution < 1.29 is 0 Å². The van der Waals surface area contributed by atoms with Crippen LogP contribution in [0.1, 0.15) is 33.1 Å². The average Bonchev–Trinajstić information content (AvgIpc) is 2.11. The fourth-order valence-electron chi connectivity index (χ4n) is 1.99. The van der Waals surface area contributed by atoms with Crippen molar-refractivity contribution in [1.29, 1.82) is 0 Å². The molecule has 0 bridgehead atoms. The van der Waals surface area contributed by atoms with Gasteiger partial charge in [-0.05, 0) is 18.3 Å². The fourth-order valence-corrected chi connectivity index (χ4v) is 1.99. The van der Waals surface area contributed by atoms with Gasteiger partial charge in [0.25, 0.3) is 0 Å². The lowest BCUT2D eigenvalue weighted by Gasteiger charge is -2.26. The predicted octanol–water partition coefficient (Wildman–Crippen LogP) is 0.825. The molecular formula is C8H18B2. The van der Waals surface area contributed by atoms with E-state index >= 15 is 0 Å². The van der Waals surface area contributed by atoms with Gasteiger partial charge in [-0.1, -0.05) is 31.9 Å². The van der Waals surface area contributed by atoms with Crippen molar-refractivity contribution in [2.45, 2.75) is 38.3 Å². The molecule has 0 aromatic carbocycles. The minimum Gasteiger partial charge on any atom is -0.0845 e. The summed E-state index contributed by atoms with van der Waals surface area (Å²) in [6, 6.07) is 0. The third-order valence-corrected chi connectivity index (χ3v) is 2.92. The summed E-state index contributed by atoms with van der Waals surface area (Å²) in [5, 5.41) is 0.560. The lowest BCUT2D eigenvalue weighted by molar-refractivity contribution is 0.468. The van der Waals surface area contributed by atoms with Gasteiger partial charge < -0.3 is 0 Å². The van der Waals surface area contributed by atoms with Gasteiger partial charge in [0, 0.05) is 0 Å². The summed E-state index contributed by atoms with van der Waals surface area (Å²) in [6.07, 6.45) is 4.39. The van der Waals surface area contributed by atoms with E-state index in [1.165, 1.54) is 19.3 Å². The Bertz CT molecular complexity index is 115. The van der Waals surface area contributed by atoms with Crippen LogP contribution in [0.15, 0.2) is 0 Å². The topological polar surface area (TPSA) is 0 Å². The van der Waals surface area contributed by atoms with Crippen LogP contribution in [-0.4, -0.2) is 15.7 Å². The third-order valence-electron chi connectivity index (χ3n) is 2.92. The molecule has 2 unspecified atom stereocenters. The van der Waals surface area contributed by atoms with E-state index in [1.807, 2.05) is 0 Å². The maximum Gasteiger partial charge on any atom is 0.0992 e. The van der Waals surface area contributed by atoms with Gasteiger partial charge >= 0.3 is 0 Å². The second-order valence-corrected chi connectivity index (χ2v) is 4.98. The Morgan fingerprint density at radius 2 is 1.90 bits per heavy atom. The Labute approximate surface area is 66.6 Å². The Morgan fingerprint density at radius 1 is 1.30 bits per heavy atom. The molecule has 0 amide bonds. The van der Waals surface area contributed by atoms with Gasteiger partial charge in [0.1, 0.15) is 0 Å². The quantitative estimate of drug-likeness (QED) is 0.468. The van der Waals surface area contributed by atoms with E-state index < -0.39 is 0 Å². The second kappa shape index (κ2) is 2.64. The van der Waals surface area contributed by atoms with Crippen LogP contribution in [-0.2, 0) is 0 Å². The molecule has 0 nitrogen and oxygen atoms in total. The molecule has 1 aliphatic carbocycles. The Balaban J connectivity index is 2.45. The van der Waals surface area contributed by atoms with Gasteiger partial charge in [-0.25, -0.2) is 0 Å². The molecule has 10 heavy (non-hydrogen) atoms. The van der Waals surface area contributed by atoms with Gasteiger partial charge in [0.2, 0.25) is 0 Å². The maximum absolute atomic E-state index is 2.38. The molecule has 1 aliphatic rings. The monoisotopic (exact) mass is 136 g/mol. The number of hydrogen-bond donors (Lipinski definition) is 0. The smallest absolute Gasteiger partial charge is 0.0845 e. The van der Waals surface area contributed by atoms with Crippen LogP contribution >= 0.6 is 0 Å². The van der Waals surface area contributed by atoms with Crippen molar-refractivity contribution in [3.63, 3.8) is 0 Å². The van der Waals surface area contributed by atoms with E-state index in [-0.39, 0.29) is 0 Å². The first-order chi connectivity index (χ1) is 4.50. The molecular weight excluding hydrogens is 118 g/mol. The first-order valence-corrected chi connectivity index (χ1v) is 4.50. The van der Waals surface area contributed by atoms with Gasteiger partial charge in [0.05, 0.1) is 15.7 Å². The normalized spacial score (nSPS) is 34.6. The Morgan fingerprint density at radius 3 is 2.10 bits per heavy atom. The highest BCUT2D eigenvalue weighted by molar-refractivity contribution is 6.39. The van der Waals surface area contributed by atoms with Crippen molar-refractivity contribution in [2.75, 3.05) is 0 Å². The zero-order valence-electron chi connectivity index (χ0n) is 7.78. The van der Waals surface area contributed by atoms with Crippen LogP contribution in [0.2, 0.25) is 5.21 Å². The molecule has 0 aliphatic heterocycles. The van der Waals surface area contributed by atoms with E-state index in [0.717, 1.165) is 11.8 Å². The first kappa shape index (κ1) is 8.23. The zero-order valence-corrected chi connectivity index (χ0v) is 7.78. The van der Waals surface area contributed by atoms with E-state index in [1.54, 1.807) is 0 Å². The zero-order chi connectivity index (χ0) is 7.78. The van der Waals surface area contributed by atoms with Crippen molar-refractivity contribution in [3.8, 4) is 0 Å². The van der Waals surface area contributed by atoms with Crippen molar-refractivity contribution >= 4 is 15.7 Å². The molecule has 0 aromatic rings. The molecule has 0 saturated heterocycles. The first-order valence-electron chi connectivity index (χ1n) is 4.50. The summed E-state index contributed by atoms with van der Waals surface area (Å²) >= 11 is 0. The molecule has 0 N–H and O–H groups in total. The summed E-state index contributed by atoms with van der Waals surface area (Å²) in [5.74, 6) is 1.98. The van der Waals surface area contributed by atoms with Gasteiger partial charge in [-0.2, -0.15) is 0 Å². The van der Waals surface area contributed by atoms with E-state index in [2.05, 4.69) is 29.5 Å². The van der Waals surface area contributed by atoms with E-state index in [9.17, 15) is 0 Å². The van der Waals surface area contributed by atoms with Crippen molar-refractivity contribution in [2.24, 2.45) is 11.8 Å². The van der Waals surface area contributed by atoms with Crippen LogP contribution in [0.25, 0.3) is 0 Å².